The van der Waals surface area contributed by atoms with Crippen LogP contribution in [0.5, 0.6) is 11.5 Å². The van der Waals surface area contributed by atoms with Gasteiger partial charge in [-0.15, -0.1) is 0 Å². The lowest BCUT2D eigenvalue weighted by molar-refractivity contribution is 0.193. The molecule has 2 heterocycles. The standard InChI is InChI=1S/C17H23N5O2/c1-11-6-16(18-2)22-17(20-11)21-13-4-5-14(23-3)15(7-13)24-10-12-8-19-9-12/h4-7,12,19H,8-10H2,1-3H3,(H2,18,20,21,22). The van der Waals surface area contributed by atoms with Crippen LogP contribution >= 0.6 is 0 Å². The van der Waals surface area contributed by atoms with Crippen molar-refractivity contribution in [3.05, 3.63) is 30.0 Å². The van der Waals surface area contributed by atoms with Gasteiger partial charge in [-0.1, -0.05) is 0 Å². The molecule has 1 aromatic heterocycles. The van der Waals surface area contributed by atoms with E-state index in [1.165, 1.54) is 0 Å². The summed E-state index contributed by atoms with van der Waals surface area (Å²) in [5, 5.41) is 9.48. The van der Waals surface area contributed by atoms with E-state index in [0.29, 0.717) is 24.2 Å². The molecule has 0 amide bonds. The fourth-order valence-electron chi connectivity index (χ4n) is 2.42. The number of hydrogen-bond acceptors (Lipinski definition) is 7. The van der Waals surface area contributed by atoms with Crippen molar-refractivity contribution in [3.8, 4) is 11.5 Å². The van der Waals surface area contributed by atoms with Gasteiger partial charge in [-0.2, -0.15) is 4.98 Å². The van der Waals surface area contributed by atoms with Gasteiger partial charge in [0.05, 0.1) is 13.7 Å². The minimum atomic E-state index is 0.540. The van der Waals surface area contributed by atoms with Crippen molar-refractivity contribution in [1.29, 1.82) is 0 Å². The third-order valence-electron chi connectivity index (χ3n) is 3.87. The first-order valence-corrected chi connectivity index (χ1v) is 8.00. The summed E-state index contributed by atoms with van der Waals surface area (Å²) < 4.78 is 11.3. The van der Waals surface area contributed by atoms with E-state index in [9.17, 15) is 0 Å². The minimum absolute atomic E-state index is 0.540. The van der Waals surface area contributed by atoms with Gasteiger partial charge in [0, 0.05) is 49.6 Å². The summed E-state index contributed by atoms with van der Waals surface area (Å²) >= 11 is 0. The molecule has 24 heavy (non-hydrogen) atoms. The summed E-state index contributed by atoms with van der Waals surface area (Å²) in [5.41, 5.74) is 1.74. The first-order chi connectivity index (χ1) is 11.7. The highest BCUT2D eigenvalue weighted by molar-refractivity contribution is 5.60. The second-order valence-electron chi connectivity index (χ2n) is 5.79. The molecular formula is C17H23N5O2. The highest BCUT2D eigenvalue weighted by Gasteiger charge is 2.18. The maximum atomic E-state index is 5.92. The number of benzene rings is 1. The zero-order valence-electron chi connectivity index (χ0n) is 14.2. The predicted molar refractivity (Wildman–Crippen MR) is 94.4 cm³/mol. The molecule has 0 atom stereocenters. The van der Waals surface area contributed by atoms with E-state index in [2.05, 4.69) is 25.9 Å². The summed E-state index contributed by atoms with van der Waals surface area (Å²) in [6.07, 6.45) is 0. The van der Waals surface area contributed by atoms with Crippen molar-refractivity contribution in [2.75, 3.05) is 44.5 Å². The Morgan fingerprint density at radius 1 is 1.21 bits per heavy atom. The molecule has 1 aliphatic rings. The highest BCUT2D eigenvalue weighted by Crippen LogP contribution is 2.31. The fraction of sp³-hybridized carbons (Fsp3) is 0.412. The number of aryl methyl sites for hydroxylation is 1. The molecule has 3 rings (SSSR count). The molecule has 1 aromatic carbocycles. The van der Waals surface area contributed by atoms with Crippen LogP contribution in [0, 0.1) is 12.8 Å². The largest absolute Gasteiger partial charge is 0.493 e. The summed E-state index contributed by atoms with van der Waals surface area (Å²) in [5.74, 6) is 3.31. The smallest absolute Gasteiger partial charge is 0.229 e. The van der Waals surface area contributed by atoms with Crippen molar-refractivity contribution in [3.63, 3.8) is 0 Å². The topological polar surface area (TPSA) is 80.3 Å². The predicted octanol–water partition coefficient (Wildman–Crippen LogP) is 2.18. The van der Waals surface area contributed by atoms with Gasteiger partial charge in [0.1, 0.15) is 5.82 Å². The van der Waals surface area contributed by atoms with Crippen LogP contribution in [0.2, 0.25) is 0 Å². The van der Waals surface area contributed by atoms with E-state index in [0.717, 1.165) is 36.0 Å². The average Bonchev–Trinajstić information content (AvgIpc) is 2.53. The third kappa shape index (κ3) is 3.86. The number of nitrogens with one attached hydrogen (secondary N) is 3. The molecule has 0 radical (unpaired) electrons. The number of aromatic nitrogens is 2. The number of anilines is 3. The molecule has 128 valence electrons. The number of nitrogens with zero attached hydrogens (tertiary/aromatic N) is 2. The van der Waals surface area contributed by atoms with Crippen molar-refractivity contribution in [2.24, 2.45) is 5.92 Å². The van der Waals surface area contributed by atoms with Gasteiger partial charge in [-0.25, -0.2) is 4.98 Å². The van der Waals surface area contributed by atoms with Gasteiger partial charge in [0.15, 0.2) is 11.5 Å². The fourth-order valence-corrected chi connectivity index (χ4v) is 2.42. The Labute approximate surface area is 141 Å². The van der Waals surface area contributed by atoms with Crippen molar-refractivity contribution in [1.82, 2.24) is 15.3 Å². The molecule has 0 bridgehead atoms. The maximum Gasteiger partial charge on any atom is 0.229 e. The van der Waals surface area contributed by atoms with E-state index in [1.807, 2.05) is 38.2 Å². The summed E-state index contributed by atoms with van der Waals surface area (Å²) in [6.45, 7) is 4.62. The second-order valence-corrected chi connectivity index (χ2v) is 5.79. The molecule has 1 fully saturated rings. The van der Waals surface area contributed by atoms with Crippen LogP contribution in [0.3, 0.4) is 0 Å². The number of methoxy groups -OCH3 is 1. The zero-order valence-corrected chi connectivity index (χ0v) is 14.2. The van der Waals surface area contributed by atoms with Gasteiger partial charge in [0.25, 0.3) is 0 Å². The van der Waals surface area contributed by atoms with Crippen LogP contribution in [0.25, 0.3) is 0 Å². The summed E-state index contributed by atoms with van der Waals surface area (Å²) in [6, 6.07) is 7.60. The first-order valence-electron chi connectivity index (χ1n) is 8.00. The highest BCUT2D eigenvalue weighted by atomic mass is 16.5. The van der Waals surface area contributed by atoms with Gasteiger partial charge in [0.2, 0.25) is 5.95 Å². The van der Waals surface area contributed by atoms with Crippen LogP contribution in [0.15, 0.2) is 24.3 Å². The van der Waals surface area contributed by atoms with Crippen LogP contribution in [0.4, 0.5) is 17.5 Å². The molecule has 0 unspecified atom stereocenters. The van der Waals surface area contributed by atoms with Crippen LogP contribution < -0.4 is 25.4 Å². The maximum absolute atomic E-state index is 5.92. The van der Waals surface area contributed by atoms with Crippen LogP contribution in [0.1, 0.15) is 5.69 Å². The second kappa shape index (κ2) is 7.35. The van der Waals surface area contributed by atoms with Crippen molar-refractivity contribution < 1.29 is 9.47 Å². The molecule has 0 aliphatic carbocycles. The normalized spacial score (nSPS) is 14.0. The van der Waals surface area contributed by atoms with Crippen molar-refractivity contribution in [2.45, 2.75) is 6.92 Å². The quantitative estimate of drug-likeness (QED) is 0.718. The Hall–Kier alpha value is -2.54. The lowest BCUT2D eigenvalue weighted by atomic mass is 10.1. The van der Waals surface area contributed by atoms with Gasteiger partial charge >= 0.3 is 0 Å². The van der Waals surface area contributed by atoms with E-state index in [1.54, 1.807) is 7.11 Å². The molecular weight excluding hydrogens is 306 g/mol. The Morgan fingerprint density at radius 2 is 2.04 bits per heavy atom. The number of rotatable bonds is 7. The number of ether oxygens (including phenoxy) is 2. The Kier molecular flexibility index (Phi) is 5.00. The minimum Gasteiger partial charge on any atom is -0.493 e. The van der Waals surface area contributed by atoms with E-state index < -0.39 is 0 Å². The molecule has 1 aliphatic heterocycles. The van der Waals surface area contributed by atoms with Crippen molar-refractivity contribution >= 4 is 17.5 Å². The van der Waals surface area contributed by atoms with Crippen LogP contribution in [-0.4, -0.2) is 43.8 Å². The molecule has 1 saturated heterocycles. The molecule has 7 nitrogen and oxygen atoms in total. The zero-order chi connectivity index (χ0) is 16.9. The van der Waals surface area contributed by atoms with Crippen LogP contribution in [-0.2, 0) is 0 Å². The lowest BCUT2D eigenvalue weighted by Gasteiger charge is -2.27. The Balaban J connectivity index is 1.76. The van der Waals surface area contributed by atoms with E-state index in [4.69, 9.17) is 9.47 Å². The molecule has 3 N–H and O–H groups in total. The molecule has 2 aromatic rings. The molecule has 7 heteroatoms. The Morgan fingerprint density at radius 3 is 2.71 bits per heavy atom. The first kappa shape index (κ1) is 16.3. The average molecular weight is 329 g/mol. The lowest BCUT2D eigenvalue weighted by Crippen LogP contribution is -2.45. The summed E-state index contributed by atoms with van der Waals surface area (Å²) in [7, 11) is 3.48. The molecule has 0 saturated carbocycles. The molecule has 0 spiro atoms. The van der Waals surface area contributed by atoms with Gasteiger partial charge in [-0.3, -0.25) is 0 Å². The van der Waals surface area contributed by atoms with E-state index in [-0.39, 0.29) is 0 Å². The van der Waals surface area contributed by atoms with E-state index >= 15 is 0 Å². The number of hydrogen-bond donors (Lipinski definition) is 3. The van der Waals surface area contributed by atoms with Gasteiger partial charge in [-0.05, 0) is 19.1 Å². The monoisotopic (exact) mass is 329 g/mol. The third-order valence-corrected chi connectivity index (χ3v) is 3.87. The summed E-state index contributed by atoms with van der Waals surface area (Å²) in [4.78, 5) is 8.81. The van der Waals surface area contributed by atoms with Gasteiger partial charge < -0.3 is 25.4 Å². The SMILES string of the molecule is CNc1cc(C)nc(Nc2ccc(OC)c(OCC3CNC3)c2)n1. The Bertz CT molecular complexity index is 703.